The smallest absolute Gasteiger partial charge is 0.305 e. The first-order valence-corrected chi connectivity index (χ1v) is 10.5. The summed E-state index contributed by atoms with van der Waals surface area (Å²) in [5.41, 5.74) is 1.71. The molecule has 0 radical (unpaired) electrons. The third-order valence-electron chi connectivity index (χ3n) is 5.25. The van der Waals surface area contributed by atoms with Gasteiger partial charge in [-0.15, -0.1) is 0 Å². The number of nitrogens with zero attached hydrogens (tertiary/aromatic N) is 5. The average molecular weight is 468 g/mol. The van der Waals surface area contributed by atoms with Gasteiger partial charge in [0.25, 0.3) is 0 Å². The van der Waals surface area contributed by atoms with Gasteiger partial charge in [-0.25, -0.2) is 18.7 Å². The van der Waals surface area contributed by atoms with Crippen molar-refractivity contribution in [3.8, 4) is 22.9 Å². The summed E-state index contributed by atoms with van der Waals surface area (Å²) in [5.74, 6) is -2.22. The van der Waals surface area contributed by atoms with Gasteiger partial charge in [0, 0.05) is 17.7 Å². The van der Waals surface area contributed by atoms with E-state index < -0.39 is 17.8 Å². The fourth-order valence-electron chi connectivity index (χ4n) is 3.39. The van der Waals surface area contributed by atoms with Crippen LogP contribution >= 0.6 is 0 Å². The normalized spacial score (nSPS) is 12.1. The van der Waals surface area contributed by atoms with Crippen molar-refractivity contribution in [2.45, 2.75) is 32.9 Å². The lowest BCUT2D eigenvalue weighted by atomic mass is 10.0. The predicted octanol–water partition coefficient (Wildman–Crippen LogP) is 4.23. The minimum atomic E-state index is -1.01. The highest BCUT2D eigenvalue weighted by atomic mass is 19.1. The maximum absolute atomic E-state index is 14.5. The molecule has 34 heavy (non-hydrogen) atoms. The molecule has 0 spiro atoms. The second-order valence-electron chi connectivity index (χ2n) is 8.03. The van der Waals surface area contributed by atoms with Gasteiger partial charge < -0.3 is 14.9 Å². The van der Waals surface area contributed by atoms with Crippen LogP contribution in [0.5, 0.6) is 0 Å². The summed E-state index contributed by atoms with van der Waals surface area (Å²) >= 11 is 0. The lowest BCUT2D eigenvalue weighted by Crippen LogP contribution is -2.29. The number of rotatable bonds is 9. The van der Waals surface area contributed by atoms with E-state index in [0.29, 0.717) is 22.6 Å². The van der Waals surface area contributed by atoms with Crippen molar-refractivity contribution in [2.75, 3.05) is 5.32 Å². The SMILES string of the molecule is CC(C)[C@H](CC(=O)O)Nc1nc(-c2cc(-c3ccon3)n(Cc3ccccc3F)n2)ncc1F. The zero-order valence-electron chi connectivity index (χ0n) is 18.4. The molecule has 0 aliphatic rings. The molecule has 1 atom stereocenters. The molecule has 0 saturated carbocycles. The van der Waals surface area contributed by atoms with Gasteiger partial charge in [0.2, 0.25) is 0 Å². The zero-order chi connectivity index (χ0) is 24.2. The first kappa shape index (κ1) is 23.0. The monoisotopic (exact) mass is 468 g/mol. The van der Waals surface area contributed by atoms with Crippen molar-refractivity contribution in [3.05, 3.63) is 66.1 Å². The van der Waals surface area contributed by atoms with Crippen LogP contribution in [0.2, 0.25) is 0 Å². The molecule has 0 unspecified atom stereocenters. The minimum absolute atomic E-state index is 0.0901. The summed E-state index contributed by atoms with van der Waals surface area (Å²) in [5, 5.41) is 20.5. The third-order valence-corrected chi connectivity index (χ3v) is 5.25. The number of hydrogen-bond donors (Lipinski definition) is 2. The number of carboxylic acids is 1. The second kappa shape index (κ2) is 9.77. The Bertz CT molecular complexity index is 1290. The number of aromatic nitrogens is 5. The van der Waals surface area contributed by atoms with Crippen molar-refractivity contribution < 1.29 is 23.2 Å². The molecule has 3 aromatic heterocycles. The van der Waals surface area contributed by atoms with Gasteiger partial charge in [-0.05, 0) is 18.1 Å². The first-order valence-electron chi connectivity index (χ1n) is 10.5. The molecule has 4 rings (SSSR count). The molecular formula is C23H22F2N6O3. The van der Waals surface area contributed by atoms with Crippen LogP contribution in [-0.4, -0.2) is 42.0 Å². The lowest BCUT2D eigenvalue weighted by Gasteiger charge is -2.21. The fraction of sp³-hybridized carbons (Fsp3) is 0.261. The molecule has 0 aliphatic heterocycles. The van der Waals surface area contributed by atoms with E-state index >= 15 is 0 Å². The minimum Gasteiger partial charge on any atom is -0.481 e. The van der Waals surface area contributed by atoms with Crippen LogP contribution in [0.1, 0.15) is 25.8 Å². The summed E-state index contributed by atoms with van der Waals surface area (Å²) in [6.07, 6.45) is 2.19. The quantitative estimate of drug-likeness (QED) is 0.375. The standard InChI is InChI=1S/C23H22F2N6O3/c1-13(2)18(10-21(32)33)27-22-16(25)11-26-23(28-22)19-9-20(17-7-8-34-30-17)31(29-19)12-14-5-3-4-6-15(14)24/h3-9,11,13,18H,10,12H2,1-2H3,(H,32,33)(H,26,27,28)/t18-/m0/s1. The van der Waals surface area contributed by atoms with E-state index in [1.165, 1.54) is 17.0 Å². The van der Waals surface area contributed by atoms with E-state index in [4.69, 9.17) is 9.63 Å². The largest absolute Gasteiger partial charge is 0.481 e. The highest BCUT2D eigenvalue weighted by molar-refractivity contribution is 5.68. The Morgan fingerprint density at radius 2 is 1.97 bits per heavy atom. The molecule has 3 heterocycles. The van der Waals surface area contributed by atoms with Gasteiger partial charge in [-0.2, -0.15) is 5.10 Å². The molecule has 1 aromatic carbocycles. The maximum Gasteiger partial charge on any atom is 0.305 e. The van der Waals surface area contributed by atoms with E-state index in [2.05, 4.69) is 25.5 Å². The molecule has 2 N–H and O–H groups in total. The van der Waals surface area contributed by atoms with Gasteiger partial charge in [-0.1, -0.05) is 37.2 Å². The highest BCUT2D eigenvalue weighted by Crippen LogP contribution is 2.26. The zero-order valence-corrected chi connectivity index (χ0v) is 18.4. The Morgan fingerprint density at radius 3 is 2.65 bits per heavy atom. The number of hydrogen-bond acceptors (Lipinski definition) is 7. The van der Waals surface area contributed by atoms with Crippen molar-refractivity contribution in [3.63, 3.8) is 0 Å². The van der Waals surface area contributed by atoms with Crippen LogP contribution in [0.15, 0.2) is 53.4 Å². The first-order chi connectivity index (χ1) is 16.3. The number of benzene rings is 1. The average Bonchev–Trinajstić information content (AvgIpc) is 3.46. The third kappa shape index (κ3) is 5.08. The van der Waals surface area contributed by atoms with Crippen LogP contribution in [0, 0.1) is 17.6 Å². The Morgan fingerprint density at radius 1 is 1.18 bits per heavy atom. The Labute approximate surface area is 193 Å². The van der Waals surface area contributed by atoms with E-state index in [1.54, 1.807) is 30.3 Å². The van der Waals surface area contributed by atoms with Gasteiger partial charge in [0.1, 0.15) is 23.5 Å². The highest BCUT2D eigenvalue weighted by Gasteiger charge is 2.22. The Kier molecular flexibility index (Phi) is 6.62. The van der Waals surface area contributed by atoms with Crippen molar-refractivity contribution >= 4 is 11.8 Å². The van der Waals surface area contributed by atoms with Crippen LogP contribution in [0.3, 0.4) is 0 Å². The molecule has 11 heteroatoms. The summed E-state index contributed by atoms with van der Waals surface area (Å²) in [6.45, 7) is 3.76. The molecule has 0 bridgehead atoms. The number of anilines is 1. The number of aliphatic carboxylic acids is 1. The number of nitrogens with one attached hydrogen (secondary N) is 1. The molecule has 0 saturated heterocycles. The van der Waals surface area contributed by atoms with Gasteiger partial charge in [0.15, 0.2) is 17.5 Å². The van der Waals surface area contributed by atoms with Crippen LogP contribution < -0.4 is 5.32 Å². The fourth-order valence-corrected chi connectivity index (χ4v) is 3.39. The summed E-state index contributed by atoms with van der Waals surface area (Å²) in [6, 6.07) is 9.07. The second-order valence-corrected chi connectivity index (χ2v) is 8.03. The van der Waals surface area contributed by atoms with Gasteiger partial charge in [0.05, 0.1) is 24.9 Å². The molecule has 4 aromatic rings. The van der Waals surface area contributed by atoms with E-state index in [1.807, 2.05) is 13.8 Å². The molecule has 0 aliphatic carbocycles. The topological polar surface area (TPSA) is 119 Å². The number of carbonyl (C=O) groups is 1. The van der Waals surface area contributed by atoms with Gasteiger partial charge in [-0.3, -0.25) is 9.48 Å². The van der Waals surface area contributed by atoms with E-state index in [0.717, 1.165) is 6.20 Å². The summed E-state index contributed by atoms with van der Waals surface area (Å²) in [7, 11) is 0. The number of carboxylic acid groups (broad SMARTS) is 1. The lowest BCUT2D eigenvalue weighted by molar-refractivity contribution is -0.137. The van der Waals surface area contributed by atoms with Crippen molar-refractivity contribution in [1.29, 1.82) is 0 Å². The Hall–Kier alpha value is -4.15. The maximum atomic E-state index is 14.5. The van der Waals surface area contributed by atoms with E-state index in [9.17, 15) is 13.6 Å². The molecular weight excluding hydrogens is 446 g/mol. The molecule has 0 fully saturated rings. The Balaban J connectivity index is 1.71. The van der Waals surface area contributed by atoms with Crippen molar-refractivity contribution in [1.82, 2.24) is 24.9 Å². The summed E-state index contributed by atoms with van der Waals surface area (Å²) in [4.78, 5) is 19.5. The molecule has 9 nitrogen and oxygen atoms in total. The van der Waals surface area contributed by atoms with Crippen molar-refractivity contribution in [2.24, 2.45) is 5.92 Å². The van der Waals surface area contributed by atoms with Crippen LogP contribution in [-0.2, 0) is 11.3 Å². The van der Waals surface area contributed by atoms with Crippen LogP contribution in [0.4, 0.5) is 14.6 Å². The number of halogens is 2. The van der Waals surface area contributed by atoms with E-state index in [-0.39, 0.29) is 36.3 Å². The molecule has 0 amide bonds. The summed E-state index contributed by atoms with van der Waals surface area (Å²) < 4.78 is 35.2. The van der Waals surface area contributed by atoms with Crippen LogP contribution in [0.25, 0.3) is 22.9 Å². The van der Waals surface area contributed by atoms with Gasteiger partial charge >= 0.3 is 5.97 Å². The molecule has 176 valence electrons. The predicted molar refractivity (Wildman–Crippen MR) is 119 cm³/mol.